The van der Waals surface area contributed by atoms with Crippen molar-refractivity contribution in [1.29, 1.82) is 0 Å². The zero-order valence-electron chi connectivity index (χ0n) is 12.0. The Morgan fingerprint density at radius 3 is 2.83 bits per heavy atom. The molecule has 2 unspecified atom stereocenters. The zero-order valence-corrected chi connectivity index (χ0v) is 12.0. The number of hydrogen-bond acceptors (Lipinski definition) is 2. The molecule has 1 aliphatic carbocycles. The Hall–Kier alpha value is -0.760. The maximum Gasteiger partial charge on any atom is 0.0954 e. The number of ether oxygens (including phenoxy) is 2. The van der Waals surface area contributed by atoms with E-state index in [9.17, 15) is 0 Å². The van der Waals surface area contributed by atoms with Gasteiger partial charge in [0.25, 0.3) is 0 Å². The van der Waals surface area contributed by atoms with E-state index in [1.807, 2.05) is 19.1 Å². The lowest BCUT2D eigenvalue weighted by Gasteiger charge is -2.43. The summed E-state index contributed by atoms with van der Waals surface area (Å²) in [6.45, 7) is 10.2. The molecule has 1 fully saturated rings. The van der Waals surface area contributed by atoms with Gasteiger partial charge < -0.3 is 9.47 Å². The molecule has 0 heterocycles. The second-order valence-corrected chi connectivity index (χ2v) is 5.30. The highest BCUT2D eigenvalue weighted by Crippen LogP contribution is 2.43. The smallest absolute Gasteiger partial charge is 0.0954 e. The summed E-state index contributed by atoms with van der Waals surface area (Å²) in [7, 11) is 0. The molecule has 0 saturated heterocycles. The summed E-state index contributed by atoms with van der Waals surface area (Å²) in [5.41, 5.74) is 0.204. The first-order chi connectivity index (χ1) is 8.79. The van der Waals surface area contributed by atoms with Crippen molar-refractivity contribution in [3.05, 3.63) is 25.0 Å². The van der Waals surface area contributed by atoms with Crippen LogP contribution in [0, 0.1) is 11.3 Å². The summed E-state index contributed by atoms with van der Waals surface area (Å²) < 4.78 is 11.5. The van der Waals surface area contributed by atoms with Gasteiger partial charge in [-0.2, -0.15) is 0 Å². The third-order valence-corrected chi connectivity index (χ3v) is 4.06. The van der Waals surface area contributed by atoms with Crippen molar-refractivity contribution in [2.45, 2.75) is 46.0 Å². The van der Waals surface area contributed by atoms with Gasteiger partial charge in [-0.15, -0.1) is 6.58 Å². The minimum absolute atomic E-state index is 0.204. The molecule has 18 heavy (non-hydrogen) atoms. The van der Waals surface area contributed by atoms with Crippen molar-refractivity contribution in [3.8, 4) is 0 Å². The first kappa shape index (κ1) is 15.3. The van der Waals surface area contributed by atoms with E-state index in [0.29, 0.717) is 6.61 Å². The summed E-state index contributed by atoms with van der Waals surface area (Å²) in [6, 6.07) is 0. The van der Waals surface area contributed by atoms with Gasteiger partial charge in [0.05, 0.1) is 26.1 Å². The van der Waals surface area contributed by atoms with E-state index in [2.05, 4.69) is 13.5 Å². The largest absolute Gasteiger partial charge is 0.501 e. The lowest BCUT2D eigenvalue weighted by atomic mass is 9.66. The minimum Gasteiger partial charge on any atom is -0.501 e. The monoisotopic (exact) mass is 252 g/mol. The van der Waals surface area contributed by atoms with Crippen LogP contribution >= 0.6 is 0 Å². The van der Waals surface area contributed by atoms with Crippen molar-refractivity contribution >= 4 is 0 Å². The van der Waals surface area contributed by atoms with Gasteiger partial charge >= 0.3 is 0 Å². The molecule has 1 rings (SSSR count). The van der Waals surface area contributed by atoms with Gasteiger partial charge in [0.2, 0.25) is 0 Å². The average molecular weight is 252 g/mol. The Bertz CT molecular complexity index is 260. The Labute approximate surface area is 112 Å². The molecule has 0 aliphatic heterocycles. The maximum absolute atomic E-state index is 5.77. The molecule has 0 aromatic rings. The third kappa shape index (κ3) is 4.16. The highest BCUT2D eigenvalue weighted by atomic mass is 16.5. The summed E-state index contributed by atoms with van der Waals surface area (Å²) >= 11 is 0. The maximum atomic E-state index is 5.77. The molecule has 2 nitrogen and oxygen atoms in total. The van der Waals surface area contributed by atoms with Crippen LogP contribution in [0.3, 0.4) is 0 Å². The molecule has 104 valence electrons. The summed E-state index contributed by atoms with van der Waals surface area (Å²) in [6.07, 6.45) is 12.0. The van der Waals surface area contributed by atoms with Gasteiger partial charge in [-0.1, -0.05) is 38.3 Å². The molecule has 2 heteroatoms. The quantitative estimate of drug-likeness (QED) is 0.364. The fourth-order valence-electron chi connectivity index (χ4n) is 3.09. The highest BCUT2D eigenvalue weighted by molar-refractivity contribution is 4.90. The fourth-order valence-corrected chi connectivity index (χ4v) is 3.09. The van der Waals surface area contributed by atoms with E-state index in [1.165, 1.54) is 32.1 Å². The Balaban J connectivity index is 2.65. The van der Waals surface area contributed by atoms with Crippen molar-refractivity contribution in [3.63, 3.8) is 0 Å². The molecule has 0 spiro atoms. The first-order valence-corrected chi connectivity index (χ1v) is 7.20. The molecular weight excluding hydrogens is 224 g/mol. The summed E-state index contributed by atoms with van der Waals surface area (Å²) in [5, 5.41) is 0. The van der Waals surface area contributed by atoms with Crippen LogP contribution in [0.15, 0.2) is 25.0 Å². The van der Waals surface area contributed by atoms with Crippen molar-refractivity contribution < 1.29 is 9.47 Å². The molecule has 0 aromatic heterocycles. The lowest BCUT2D eigenvalue weighted by Crippen LogP contribution is -2.41. The van der Waals surface area contributed by atoms with E-state index >= 15 is 0 Å². The van der Waals surface area contributed by atoms with Crippen LogP contribution in [0.25, 0.3) is 0 Å². The second kappa shape index (κ2) is 8.36. The fraction of sp³-hybridized carbons (Fsp3) is 0.750. The highest BCUT2D eigenvalue weighted by Gasteiger charge is 2.40. The molecular formula is C16H28O2. The average Bonchev–Trinajstić information content (AvgIpc) is 2.40. The van der Waals surface area contributed by atoms with E-state index in [0.717, 1.165) is 19.1 Å². The van der Waals surface area contributed by atoms with Crippen LogP contribution < -0.4 is 0 Å². The van der Waals surface area contributed by atoms with Crippen molar-refractivity contribution in [2.24, 2.45) is 11.3 Å². The van der Waals surface area contributed by atoms with Crippen LogP contribution in [-0.4, -0.2) is 19.8 Å². The van der Waals surface area contributed by atoms with E-state index < -0.39 is 0 Å². The van der Waals surface area contributed by atoms with Gasteiger partial charge in [0, 0.05) is 5.41 Å². The normalized spacial score (nSPS) is 28.4. The molecule has 0 bridgehead atoms. The Morgan fingerprint density at radius 1 is 1.33 bits per heavy atom. The molecule has 0 radical (unpaired) electrons. The van der Waals surface area contributed by atoms with E-state index in [-0.39, 0.29) is 5.41 Å². The Morgan fingerprint density at radius 2 is 2.17 bits per heavy atom. The minimum atomic E-state index is 0.204. The van der Waals surface area contributed by atoms with E-state index in [1.54, 1.807) is 6.26 Å². The van der Waals surface area contributed by atoms with Crippen LogP contribution in [0.1, 0.15) is 46.0 Å². The topological polar surface area (TPSA) is 18.5 Å². The Kier molecular flexibility index (Phi) is 7.11. The molecule has 1 aliphatic rings. The SMILES string of the molecule is C=CCOCC1(COC=CC)CCCCC1CC. The van der Waals surface area contributed by atoms with Crippen molar-refractivity contribution in [2.75, 3.05) is 19.8 Å². The van der Waals surface area contributed by atoms with E-state index in [4.69, 9.17) is 9.47 Å². The number of allylic oxidation sites excluding steroid dienone is 1. The molecule has 0 N–H and O–H groups in total. The summed E-state index contributed by atoms with van der Waals surface area (Å²) in [5.74, 6) is 0.723. The third-order valence-electron chi connectivity index (χ3n) is 4.06. The zero-order chi connectivity index (χ0) is 13.3. The first-order valence-electron chi connectivity index (χ1n) is 7.20. The van der Waals surface area contributed by atoms with Crippen LogP contribution in [-0.2, 0) is 9.47 Å². The molecule has 0 aromatic carbocycles. The van der Waals surface area contributed by atoms with Crippen LogP contribution in [0.5, 0.6) is 0 Å². The van der Waals surface area contributed by atoms with Crippen molar-refractivity contribution in [1.82, 2.24) is 0 Å². The lowest BCUT2D eigenvalue weighted by molar-refractivity contribution is -0.0522. The molecule has 1 saturated carbocycles. The molecule has 0 amide bonds. The van der Waals surface area contributed by atoms with Gasteiger partial charge in [0.15, 0.2) is 0 Å². The van der Waals surface area contributed by atoms with Crippen LogP contribution in [0.4, 0.5) is 0 Å². The standard InChI is InChI=1S/C16H28O2/c1-4-11-17-13-16(14-18-12-5-2)10-8-7-9-15(16)6-3/h4-5,12,15H,1,6-11,13-14H2,2-3H3. The predicted octanol–water partition coefficient (Wildman–Crippen LogP) is 4.33. The summed E-state index contributed by atoms with van der Waals surface area (Å²) in [4.78, 5) is 0. The molecule has 2 atom stereocenters. The number of rotatable bonds is 8. The van der Waals surface area contributed by atoms with Gasteiger partial charge in [-0.25, -0.2) is 0 Å². The van der Waals surface area contributed by atoms with Gasteiger partial charge in [-0.05, 0) is 25.7 Å². The second-order valence-electron chi connectivity index (χ2n) is 5.30. The van der Waals surface area contributed by atoms with Crippen LogP contribution in [0.2, 0.25) is 0 Å². The number of hydrogen-bond donors (Lipinski definition) is 0. The predicted molar refractivity (Wildman–Crippen MR) is 76.5 cm³/mol. The van der Waals surface area contributed by atoms with Gasteiger partial charge in [-0.3, -0.25) is 0 Å². The van der Waals surface area contributed by atoms with Gasteiger partial charge in [0.1, 0.15) is 0 Å².